The van der Waals surface area contributed by atoms with Gasteiger partial charge in [-0.05, 0) is 29.8 Å². The summed E-state index contributed by atoms with van der Waals surface area (Å²) >= 11 is 11.9. The fourth-order valence-electron chi connectivity index (χ4n) is 1.76. The molecule has 0 aliphatic rings. The van der Waals surface area contributed by atoms with Crippen LogP contribution in [-0.2, 0) is 6.42 Å². The van der Waals surface area contributed by atoms with Crippen LogP contribution >= 0.6 is 23.2 Å². The lowest BCUT2D eigenvalue weighted by atomic mass is 10.0. The van der Waals surface area contributed by atoms with Crippen molar-refractivity contribution in [3.8, 4) is 6.07 Å². The Labute approximate surface area is 126 Å². The van der Waals surface area contributed by atoms with Crippen LogP contribution in [0.2, 0.25) is 10.0 Å². The summed E-state index contributed by atoms with van der Waals surface area (Å²) < 4.78 is 0. The summed E-state index contributed by atoms with van der Waals surface area (Å²) in [7, 11) is 0. The van der Waals surface area contributed by atoms with Crippen LogP contribution in [-0.4, -0.2) is 5.91 Å². The maximum absolute atomic E-state index is 12.3. The second-order valence-corrected chi connectivity index (χ2v) is 4.91. The molecule has 2 aromatic rings. The Bertz CT molecular complexity index is 693. The molecule has 2 aromatic carbocycles. The van der Waals surface area contributed by atoms with Crippen molar-refractivity contribution in [1.82, 2.24) is 0 Å². The molecule has 0 aliphatic heterocycles. The third-order valence-corrected chi connectivity index (χ3v) is 3.27. The van der Waals surface area contributed by atoms with Crippen molar-refractivity contribution in [2.45, 2.75) is 6.42 Å². The van der Waals surface area contributed by atoms with E-state index >= 15 is 0 Å². The Balaban J connectivity index is 2.29. The number of amides is 1. The van der Waals surface area contributed by atoms with Crippen molar-refractivity contribution in [3.63, 3.8) is 0 Å². The molecule has 0 fully saturated rings. The molecule has 5 heteroatoms. The highest BCUT2D eigenvalue weighted by atomic mass is 35.5. The first-order valence-electron chi connectivity index (χ1n) is 5.83. The molecular formula is C15H10Cl2N2O. The van der Waals surface area contributed by atoms with E-state index in [1.54, 1.807) is 42.5 Å². The van der Waals surface area contributed by atoms with Gasteiger partial charge in [-0.2, -0.15) is 5.26 Å². The third-order valence-electron chi connectivity index (χ3n) is 2.71. The van der Waals surface area contributed by atoms with E-state index in [9.17, 15) is 4.79 Å². The summed E-state index contributed by atoms with van der Waals surface area (Å²) in [5.41, 5.74) is 1.56. The minimum Gasteiger partial charge on any atom is -0.321 e. The second-order valence-electron chi connectivity index (χ2n) is 4.07. The van der Waals surface area contributed by atoms with Crippen LogP contribution in [0.25, 0.3) is 0 Å². The number of benzene rings is 2. The largest absolute Gasteiger partial charge is 0.321 e. The summed E-state index contributed by atoms with van der Waals surface area (Å²) in [5, 5.41) is 12.4. The van der Waals surface area contributed by atoms with Crippen molar-refractivity contribution in [1.29, 1.82) is 5.26 Å². The molecule has 0 unspecified atom stereocenters. The number of nitrogens with zero attached hydrogens (tertiary/aromatic N) is 1. The molecule has 3 nitrogen and oxygen atoms in total. The molecule has 0 bridgehead atoms. The number of carbonyl (C=O) groups excluding carboxylic acids is 1. The van der Waals surface area contributed by atoms with Gasteiger partial charge in [-0.25, -0.2) is 0 Å². The normalized spacial score (nSPS) is 9.85. The lowest BCUT2D eigenvalue weighted by molar-refractivity contribution is 0.102. The van der Waals surface area contributed by atoms with Gasteiger partial charge < -0.3 is 5.32 Å². The number of hydrogen-bond acceptors (Lipinski definition) is 2. The molecule has 0 heterocycles. The van der Waals surface area contributed by atoms with E-state index in [1.807, 2.05) is 6.07 Å². The summed E-state index contributed by atoms with van der Waals surface area (Å²) in [6, 6.07) is 13.8. The quantitative estimate of drug-likeness (QED) is 0.918. The zero-order valence-electron chi connectivity index (χ0n) is 10.4. The molecule has 0 spiro atoms. The molecule has 0 radical (unpaired) electrons. The van der Waals surface area contributed by atoms with Crippen molar-refractivity contribution in [3.05, 3.63) is 63.6 Å². The van der Waals surface area contributed by atoms with Crippen molar-refractivity contribution in [2.75, 3.05) is 5.32 Å². The number of nitriles is 1. The highest BCUT2D eigenvalue weighted by molar-refractivity contribution is 6.35. The maximum Gasteiger partial charge on any atom is 0.256 e. The molecule has 1 amide bonds. The summed E-state index contributed by atoms with van der Waals surface area (Å²) in [6.07, 6.45) is 0.173. The van der Waals surface area contributed by atoms with Gasteiger partial charge in [0, 0.05) is 10.6 Å². The average molecular weight is 305 g/mol. The van der Waals surface area contributed by atoms with Gasteiger partial charge in [0.05, 0.1) is 23.2 Å². The molecule has 0 saturated heterocycles. The Morgan fingerprint density at radius 2 is 1.95 bits per heavy atom. The number of halogens is 2. The minimum absolute atomic E-state index is 0.173. The smallest absolute Gasteiger partial charge is 0.256 e. The van der Waals surface area contributed by atoms with Gasteiger partial charge in [0.25, 0.3) is 5.91 Å². The molecule has 20 heavy (non-hydrogen) atoms. The number of carbonyl (C=O) groups is 1. The lowest BCUT2D eigenvalue weighted by Gasteiger charge is -2.10. The van der Waals surface area contributed by atoms with E-state index in [2.05, 4.69) is 5.32 Å². The van der Waals surface area contributed by atoms with Crippen LogP contribution in [0.4, 0.5) is 5.69 Å². The fourth-order valence-corrected chi connectivity index (χ4v) is 2.10. The van der Waals surface area contributed by atoms with Crippen LogP contribution < -0.4 is 5.32 Å². The van der Waals surface area contributed by atoms with Gasteiger partial charge in [0.2, 0.25) is 0 Å². The average Bonchev–Trinajstić information content (AvgIpc) is 2.44. The molecule has 1 N–H and O–H groups in total. The second kappa shape index (κ2) is 6.42. The van der Waals surface area contributed by atoms with E-state index in [-0.39, 0.29) is 12.3 Å². The monoisotopic (exact) mass is 304 g/mol. The highest BCUT2D eigenvalue weighted by Gasteiger charge is 2.12. The van der Waals surface area contributed by atoms with Gasteiger partial charge in [0.1, 0.15) is 0 Å². The SMILES string of the molecule is N#CCc1ccccc1C(=O)Nc1cc(Cl)ccc1Cl. The van der Waals surface area contributed by atoms with Gasteiger partial charge in [-0.15, -0.1) is 0 Å². The molecular weight excluding hydrogens is 295 g/mol. The number of rotatable bonds is 3. The van der Waals surface area contributed by atoms with Crippen molar-refractivity contribution in [2.24, 2.45) is 0 Å². The molecule has 2 rings (SSSR count). The van der Waals surface area contributed by atoms with Gasteiger partial charge in [-0.3, -0.25) is 4.79 Å². The minimum atomic E-state index is -0.319. The van der Waals surface area contributed by atoms with Gasteiger partial charge in [-0.1, -0.05) is 41.4 Å². The number of anilines is 1. The Morgan fingerprint density at radius 1 is 1.20 bits per heavy atom. The first-order chi connectivity index (χ1) is 9.61. The van der Waals surface area contributed by atoms with Crippen LogP contribution in [0.1, 0.15) is 15.9 Å². The zero-order valence-corrected chi connectivity index (χ0v) is 11.9. The van der Waals surface area contributed by atoms with Crippen LogP contribution in [0, 0.1) is 11.3 Å². The predicted molar refractivity (Wildman–Crippen MR) is 80.2 cm³/mol. The Kier molecular flexibility index (Phi) is 4.62. The van der Waals surface area contributed by atoms with Crippen molar-refractivity contribution < 1.29 is 4.79 Å². The summed E-state index contributed by atoms with van der Waals surface area (Å²) in [5.74, 6) is -0.319. The third kappa shape index (κ3) is 3.30. The van der Waals surface area contributed by atoms with E-state index < -0.39 is 0 Å². The van der Waals surface area contributed by atoms with E-state index in [0.29, 0.717) is 26.9 Å². The first kappa shape index (κ1) is 14.4. The van der Waals surface area contributed by atoms with Crippen molar-refractivity contribution >= 4 is 34.8 Å². The number of hydrogen-bond donors (Lipinski definition) is 1. The van der Waals surface area contributed by atoms with Gasteiger partial charge in [0.15, 0.2) is 0 Å². The van der Waals surface area contributed by atoms with Gasteiger partial charge >= 0.3 is 0 Å². The Hall–Kier alpha value is -2.02. The predicted octanol–water partition coefficient (Wildman–Crippen LogP) is 4.31. The zero-order chi connectivity index (χ0) is 14.5. The summed E-state index contributed by atoms with van der Waals surface area (Å²) in [6.45, 7) is 0. The van der Waals surface area contributed by atoms with E-state index in [4.69, 9.17) is 28.5 Å². The molecule has 100 valence electrons. The first-order valence-corrected chi connectivity index (χ1v) is 6.58. The van der Waals surface area contributed by atoms with Crippen LogP contribution in [0.5, 0.6) is 0 Å². The van der Waals surface area contributed by atoms with E-state index in [1.165, 1.54) is 0 Å². The summed E-state index contributed by atoms with van der Waals surface area (Å²) in [4.78, 5) is 12.3. The molecule has 0 aliphatic carbocycles. The van der Waals surface area contributed by atoms with E-state index in [0.717, 1.165) is 0 Å². The lowest BCUT2D eigenvalue weighted by Crippen LogP contribution is -2.14. The van der Waals surface area contributed by atoms with Crippen LogP contribution in [0.3, 0.4) is 0 Å². The van der Waals surface area contributed by atoms with Crippen LogP contribution in [0.15, 0.2) is 42.5 Å². The highest BCUT2D eigenvalue weighted by Crippen LogP contribution is 2.26. The molecule has 0 aromatic heterocycles. The fraction of sp³-hybridized carbons (Fsp3) is 0.0667. The molecule has 0 saturated carbocycles. The maximum atomic E-state index is 12.3. The standard InChI is InChI=1S/C15H10Cl2N2O/c16-11-5-6-13(17)14(9-11)19-15(20)12-4-2-1-3-10(12)7-8-18/h1-6,9H,7H2,(H,19,20). The molecule has 0 atom stereocenters. The topological polar surface area (TPSA) is 52.9 Å². The number of nitrogens with one attached hydrogen (secondary N) is 1. The Morgan fingerprint density at radius 3 is 2.70 bits per heavy atom.